The normalized spacial score (nSPS) is 10.6. The van der Waals surface area contributed by atoms with Crippen LogP contribution in [-0.2, 0) is 16.1 Å². The summed E-state index contributed by atoms with van der Waals surface area (Å²) in [4.78, 5) is 28.3. The SMILES string of the molecule is O=C(CNC(=O)CSc1nnc(-c2cccnc2)n1-c1ccccc1)NCc1ccco1. The van der Waals surface area contributed by atoms with Crippen LogP contribution in [-0.4, -0.2) is 43.9 Å². The Balaban J connectivity index is 1.38. The van der Waals surface area contributed by atoms with Gasteiger partial charge in [0.1, 0.15) is 5.76 Å². The number of carbonyl (C=O) groups excluding carboxylic acids is 2. The molecule has 3 heterocycles. The molecule has 0 radical (unpaired) electrons. The minimum Gasteiger partial charge on any atom is -0.467 e. The summed E-state index contributed by atoms with van der Waals surface area (Å²) in [5.41, 5.74) is 1.69. The summed E-state index contributed by atoms with van der Waals surface area (Å²) >= 11 is 1.24. The van der Waals surface area contributed by atoms with E-state index in [0.29, 0.717) is 16.7 Å². The van der Waals surface area contributed by atoms with E-state index >= 15 is 0 Å². The number of hydrogen-bond donors (Lipinski definition) is 2. The number of carbonyl (C=O) groups is 2. The van der Waals surface area contributed by atoms with Crippen molar-refractivity contribution in [3.8, 4) is 17.1 Å². The van der Waals surface area contributed by atoms with Gasteiger partial charge in [-0.25, -0.2) is 0 Å². The maximum Gasteiger partial charge on any atom is 0.239 e. The third-order valence-corrected chi connectivity index (χ3v) is 5.31. The molecule has 32 heavy (non-hydrogen) atoms. The molecule has 9 nitrogen and oxygen atoms in total. The number of nitrogens with zero attached hydrogens (tertiary/aromatic N) is 4. The summed E-state index contributed by atoms with van der Waals surface area (Å²) in [5.74, 6) is 0.776. The fraction of sp³-hybridized carbons (Fsp3) is 0.136. The molecule has 0 saturated heterocycles. The van der Waals surface area contributed by atoms with Gasteiger partial charge in [0.2, 0.25) is 11.8 Å². The molecule has 0 aliphatic rings. The van der Waals surface area contributed by atoms with Crippen LogP contribution in [0.4, 0.5) is 0 Å². The van der Waals surface area contributed by atoms with Crippen LogP contribution in [0.1, 0.15) is 5.76 Å². The first-order chi connectivity index (χ1) is 15.7. The Bertz CT molecular complexity index is 1160. The number of aromatic nitrogens is 4. The van der Waals surface area contributed by atoms with Crippen molar-refractivity contribution in [3.05, 3.63) is 79.0 Å². The van der Waals surface area contributed by atoms with E-state index in [-0.39, 0.29) is 30.7 Å². The zero-order chi connectivity index (χ0) is 22.2. The summed E-state index contributed by atoms with van der Waals surface area (Å²) in [6, 6.07) is 16.9. The first-order valence-electron chi connectivity index (χ1n) is 9.80. The van der Waals surface area contributed by atoms with Crippen LogP contribution in [0.25, 0.3) is 17.1 Å². The van der Waals surface area contributed by atoms with Gasteiger partial charge in [-0.3, -0.25) is 19.1 Å². The van der Waals surface area contributed by atoms with Gasteiger partial charge in [0.25, 0.3) is 0 Å². The molecule has 0 unspecified atom stereocenters. The predicted octanol–water partition coefficient (Wildman–Crippen LogP) is 2.45. The average Bonchev–Trinajstić information content (AvgIpc) is 3.51. The number of para-hydroxylation sites is 1. The van der Waals surface area contributed by atoms with E-state index < -0.39 is 0 Å². The van der Waals surface area contributed by atoms with E-state index in [0.717, 1.165) is 11.3 Å². The molecule has 3 aromatic heterocycles. The van der Waals surface area contributed by atoms with E-state index in [1.807, 2.05) is 47.0 Å². The van der Waals surface area contributed by atoms with Crippen molar-refractivity contribution in [3.63, 3.8) is 0 Å². The summed E-state index contributed by atoms with van der Waals surface area (Å²) < 4.78 is 7.03. The molecule has 0 spiro atoms. The number of hydrogen-bond acceptors (Lipinski definition) is 7. The average molecular weight is 449 g/mol. The number of benzene rings is 1. The van der Waals surface area contributed by atoms with E-state index in [1.54, 1.807) is 24.5 Å². The van der Waals surface area contributed by atoms with Crippen molar-refractivity contribution in [1.82, 2.24) is 30.4 Å². The van der Waals surface area contributed by atoms with Gasteiger partial charge < -0.3 is 15.1 Å². The lowest BCUT2D eigenvalue weighted by molar-refractivity contribution is -0.124. The van der Waals surface area contributed by atoms with E-state index in [2.05, 4.69) is 25.8 Å². The summed E-state index contributed by atoms with van der Waals surface area (Å²) in [6.07, 6.45) is 4.94. The Labute approximate surface area is 188 Å². The van der Waals surface area contributed by atoms with Crippen LogP contribution in [0.3, 0.4) is 0 Å². The fourth-order valence-electron chi connectivity index (χ4n) is 2.88. The van der Waals surface area contributed by atoms with Crippen LogP contribution in [0.2, 0.25) is 0 Å². The van der Waals surface area contributed by atoms with Crippen molar-refractivity contribution in [2.45, 2.75) is 11.7 Å². The van der Waals surface area contributed by atoms with Gasteiger partial charge in [0.15, 0.2) is 11.0 Å². The Morgan fingerprint density at radius 2 is 1.84 bits per heavy atom. The molecule has 2 N–H and O–H groups in total. The Hall–Kier alpha value is -3.92. The second kappa shape index (κ2) is 10.4. The molecular formula is C22H20N6O3S. The maximum absolute atomic E-state index is 12.3. The number of thioether (sulfide) groups is 1. The second-order valence-electron chi connectivity index (χ2n) is 6.64. The molecule has 0 aliphatic heterocycles. The molecule has 162 valence electrons. The van der Waals surface area contributed by atoms with Gasteiger partial charge in [-0.2, -0.15) is 0 Å². The molecule has 0 aliphatic carbocycles. The van der Waals surface area contributed by atoms with Gasteiger partial charge in [-0.05, 0) is 36.4 Å². The minimum atomic E-state index is -0.300. The number of rotatable bonds is 9. The largest absolute Gasteiger partial charge is 0.467 e. The first-order valence-corrected chi connectivity index (χ1v) is 10.8. The molecule has 1 aromatic carbocycles. The van der Waals surface area contributed by atoms with Crippen molar-refractivity contribution < 1.29 is 14.0 Å². The zero-order valence-corrected chi connectivity index (χ0v) is 17.8. The fourth-order valence-corrected chi connectivity index (χ4v) is 3.66. The molecule has 4 rings (SSSR count). The van der Waals surface area contributed by atoms with E-state index in [1.165, 1.54) is 18.0 Å². The number of furan rings is 1. The maximum atomic E-state index is 12.3. The number of amides is 2. The van der Waals surface area contributed by atoms with Gasteiger partial charge >= 0.3 is 0 Å². The minimum absolute atomic E-state index is 0.0868. The lowest BCUT2D eigenvalue weighted by atomic mass is 10.2. The highest BCUT2D eigenvalue weighted by molar-refractivity contribution is 7.99. The number of pyridine rings is 1. The number of nitrogens with one attached hydrogen (secondary N) is 2. The quantitative estimate of drug-likeness (QED) is 0.378. The van der Waals surface area contributed by atoms with Crippen molar-refractivity contribution in [2.24, 2.45) is 0 Å². The van der Waals surface area contributed by atoms with Gasteiger partial charge in [-0.1, -0.05) is 30.0 Å². The molecular weight excluding hydrogens is 428 g/mol. The molecule has 10 heteroatoms. The van der Waals surface area contributed by atoms with Gasteiger partial charge in [-0.15, -0.1) is 10.2 Å². The van der Waals surface area contributed by atoms with Gasteiger partial charge in [0.05, 0.1) is 25.1 Å². The zero-order valence-electron chi connectivity index (χ0n) is 17.0. The predicted molar refractivity (Wildman–Crippen MR) is 119 cm³/mol. The van der Waals surface area contributed by atoms with Crippen LogP contribution in [0, 0.1) is 0 Å². The lowest BCUT2D eigenvalue weighted by Crippen LogP contribution is -2.37. The Kier molecular flexibility index (Phi) is 6.93. The van der Waals surface area contributed by atoms with Gasteiger partial charge in [0, 0.05) is 23.6 Å². The molecule has 4 aromatic rings. The lowest BCUT2D eigenvalue weighted by Gasteiger charge is -2.10. The van der Waals surface area contributed by atoms with Crippen LogP contribution < -0.4 is 10.6 Å². The highest BCUT2D eigenvalue weighted by Crippen LogP contribution is 2.27. The second-order valence-corrected chi connectivity index (χ2v) is 7.58. The molecule has 0 fully saturated rings. The highest BCUT2D eigenvalue weighted by atomic mass is 32.2. The Morgan fingerprint density at radius 3 is 2.59 bits per heavy atom. The molecule has 0 saturated carbocycles. The van der Waals surface area contributed by atoms with Crippen LogP contribution >= 0.6 is 11.8 Å². The van der Waals surface area contributed by atoms with Crippen molar-refractivity contribution in [2.75, 3.05) is 12.3 Å². The third-order valence-electron chi connectivity index (χ3n) is 4.39. The molecule has 0 bridgehead atoms. The first kappa shape index (κ1) is 21.3. The third kappa shape index (κ3) is 5.41. The monoisotopic (exact) mass is 448 g/mol. The summed E-state index contributed by atoms with van der Waals surface area (Å²) in [6.45, 7) is 0.153. The molecule has 0 atom stereocenters. The standard InChI is InChI=1S/C22H20N6O3S/c29-19(24-13-18-9-5-11-31-18)14-25-20(30)15-32-22-27-26-21(16-6-4-10-23-12-16)28(22)17-7-2-1-3-8-17/h1-12H,13-15H2,(H,24,29)(H,25,30). The summed E-state index contributed by atoms with van der Waals surface area (Å²) in [5, 5.41) is 14.4. The van der Waals surface area contributed by atoms with Crippen LogP contribution in [0.15, 0.2) is 82.8 Å². The topological polar surface area (TPSA) is 115 Å². The summed E-state index contributed by atoms with van der Waals surface area (Å²) in [7, 11) is 0. The molecule has 2 amide bonds. The van der Waals surface area contributed by atoms with Crippen molar-refractivity contribution in [1.29, 1.82) is 0 Å². The highest BCUT2D eigenvalue weighted by Gasteiger charge is 2.17. The van der Waals surface area contributed by atoms with E-state index in [4.69, 9.17) is 4.42 Å². The Morgan fingerprint density at radius 1 is 0.969 bits per heavy atom. The van der Waals surface area contributed by atoms with Crippen LogP contribution in [0.5, 0.6) is 0 Å². The van der Waals surface area contributed by atoms with Crippen molar-refractivity contribution >= 4 is 23.6 Å². The smallest absolute Gasteiger partial charge is 0.239 e. The van der Waals surface area contributed by atoms with E-state index in [9.17, 15) is 9.59 Å².